The summed E-state index contributed by atoms with van der Waals surface area (Å²) in [7, 11) is 1.52. The minimum absolute atomic E-state index is 0.0317. The van der Waals surface area contributed by atoms with E-state index in [0.717, 1.165) is 5.56 Å². The van der Waals surface area contributed by atoms with Crippen LogP contribution in [0, 0.1) is 11.8 Å². The zero-order valence-corrected chi connectivity index (χ0v) is 10.1. The molecule has 0 atom stereocenters. The second kappa shape index (κ2) is 6.79. The van der Waals surface area contributed by atoms with Gasteiger partial charge < -0.3 is 15.7 Å². The van der Waals surface area contributed by atoms with Gasteiger partial charge in [-0.05, 0) is 18.2 Å². The third kappa shape index (κ3) is 4.35. The third-order valence-electron chi connectivity index (χ3n) is 1.91. The molecule has 17 heavy (non-hydrogen) atoms. The van der Waals surface area contributed by atoms with Crippen LogP contribution in [-0.2, 0) is 0 Å². The second-order valence-corrected chi connectivity index (χ2v) is 3.58. The van der Waals surface area contributed by atoms with E-state index >= 15 is 0 Å². The number of halogens is 1. The van der Waals surface area contributed by atoms with Gasteiger partial charge in [0, 0.05) is 19.0 Å². The van der Waals surface area contributed by atoms with E-state index in [-0.39, 0.29) is 12.6 Å². The highest BCUT2D eigenvalue weighted by molar-refractivity contribution is 6.33. The minimum atomic E-state index is -0.340. The molecule has 4 nitrogen and oxygen atoms in total. The van der Waals surface area contributed by atoms with Crippen molar-refractivity contribution in [2.24, 2.45) is 0 Å². The number of amides is 2. The zero-order valence-electron chi connectivity index (χ0n) is 9.38. The van der Waals surface area contributed by atoms with Gasteiger partial charge in [-0.3, -0.25) is 0 Å². The van der Waals surface area contributed by atoms with Crippen molar-refractivity contribution in [2.75, 3.05) is 19.0 Å². The van der Waals surface area contributed by atoms with Gasteiger partial charge in [-0.25, -0.2) is 4.79 Å². The predicted molar refractivity (Wildman–Crippen MR) is 68.1 cm³/mol. The molecule has 0 unspecified atom stereocenters. The molecule has 0 saturated carbocycles. The van der Waals surface area contributed by atoms with Gasteiger partial charge in [0.15, 0.2) is 0 Å². The van der Waals surface area contributed by atoms with Gasteiger partial charge in [-0.1, -0.05) is 23.4 Å². The maximum atomic E-state index is 11.2. The van der Waals surface area contributed by atoms with E-state index in [2.05, 4.69) is 22.5 Å². The molecule has 5 heteroatoms. The highest BCUT2D eigenvalue weighted by atomic mass is 35.5. The molecule has 3 N–H and O–H groups in total. The molecular weight excluding hydrogens is 240 g/mol. The fraction of sp³-hybridized carbons (Fsp3) is 0.250. The Bertz CT molecular complexity index is 463. The van der Waals surface area contributed by atoms with Gasteiger partial charge in [0.05, 0.1) is 17.3 Å². The van der Waals surface area contributed by atoms with Crippen LogP contribution in [0.4, 0.5) is 10.5 Å². The van der Waals surface area contributed by atoms with E-state index in [0.29, 0.717) is 17.1 Å². The average Bonchev–Trinajstić information content (AvgIpc) is 2.33. The summed E-state index contributed by atoms with van der Waals surface area (Å²) < 4.78 is 0. The molecule has 0 spiro atoms. The van der Waals surface area contributed by atoms with Crippen molar-refractivity contribution in [2.45, 2.75) is 6.42 Å². The Kier molecular flexibility index (Phi) is 5.34. The van der Waals surface area contributed by atoms with Crippen LogP contribution in [0.3, 0.4) is 0 Å². The van der Waals surface area contributed by atoms with Crippen LogP contribution >= 0.6 is 11.6 Å². The van der Waals surface area contributed by atoms with E-state index in [9.17, 15) is 4.79 Å². The number of benzene rings is 1. The van der Waals surface area contributed by atoms with Crippen LogP contribution in [0.5, 0.6) is 0 Å². The van der Waals surface area contributed by atoms with Gasteiger partial charge in [0.2, 0.25) is 0 Å². The maximum Gasteiger partial charge on any atom is 0.319 e. The quantitative estimate of drug-likeness (QED) is 0.703. The zero-order chi connectivity index (χ0) is 12.7. The molecule has 0 aromatic heterocycles. The first kappa shape index (κ1) is 13.4. The van der Waals surface area contributed by atoms with Crippen molar-refractivity contribution in [3.63, 3.8) is 0 Å². The molecule has 0 fully saturated rings. The normalized spacial score (nSPS) is 9.12. The standard InChI is InChI=1S/C12H13ClN2O2/c1-14-12(17)15-11-8-9(4-2-3-7-16)5-6-10(11)13/h5-6,8,16H,3,7H2,1H3,(H2,14,15,17). The Hall–Kier alpha value is -1.70. The Labute approximate surface area is 105 Å². The number of anilines is 1. The fourth-order valence-electron chi connectivity index (χ4n) is 1.10. The average molecular weight is 253 g/mol. The first-order valence-electron chi connectivity index (χ1n) is 5.05. The number of rotatable bonds is 2. The van der Waals surface area contributed by atoms with Crippen LogP contribution in [0.25, 0.3) is 0 Å². The van der Waals surface area contributed by atoms with Gasteiger partial charge in [0.1, 0.15) is 0 Å². The molecule has 1 rings (SSSR count). The molecule has 2 amide bonds. The fourth-order valence-corrected chi connectivity index (χ4v) is 1.27. The lowest BCUT2D eigenvalue weighted by Gasteiger charge is -2.06. The SMILES string of the molecule is CNC(=O)Nc1cc(C#CCCO)ccc1Cl. The molecule has 1 aromatic carbocycles. The Morgan fingerprint density at radius 2 is 2.29 bits per heavy atom. The number of aliphatic hydroxyl groups is 1. The first-order chi connectivity index (χ1) is 8.17. The lowest BCUT2D eigenvalue weighted by molar-refractivity contribution is 0.254. The number of hydrogen-bond acceptors (Lipinski definition) is 2. The van der Waals surface area contributed by atoms with Gasteiger partial charge >= 0.3 is 6.03 Å². The van der Waals surface area contributed by atoms with Gasteiger partial charge in [-0.15, -0.1) is 0 Å². The highest BCUT2D eigenvalue weighted by Gasteiger charge is 2.04. The molecule has 1 aromatic rings. The summed E-state index contributed by atoms with van der Waals surface area (Å²) >= 11 is 5.93. The highest BCUT2D eigenvalue weighted by Crippen LogP contribution is 2.22. The van der Waals surface area contributed by atoms with Gasteiger partial charge in [0.25, 0.3) is 0 Å². The van der Waals surface area contributed by atoms with Crippen molar-refractivity contribution in [3.8, 4) is 11.8 Å². The number of carbonyl (C=O) groups excluding carboxylic acids is 1. The monoisotopic (exact) mass is 252 g/mol. The molecule has 0 aliphatic carbocycles. The maximum absolute atomic E-state index is 11.2. The largest absolute Gasteiger partial charge is 0.395 e. The van der Waals surface area contributed by atoms with E-state index < -0.39 is 0 Å². The van der Waals surface area contributed by atoms with Crippen molar-refractivity contribution >= 4 is 23.3 Å². The summed E-state index contributed by atoms with van der Waals surface area (Å²) in [6.45, 7) is 0.0317. The van der Waals surface area contributed by atoms with Crippen molar-refractivity contribution in [1.29, 1.82) is 0 Å². The van der Waals surface area contributed by atoms with Crippen LogP contribution in [-0.4, -0.2) is 24.8 Å². The van der Waals surface area contributed by atoms with E-state index in [4.69, 9.17) is 16.7 Å². The van der Waals surface area contributed by atoms with Crippen LogP contribution in [0.1, 0.15) is 12.0 Å². The second-order valence-electron chi connectivity index (χ2n) is 3.17. The number of hydrogen-bond donors (Lipinski definition) is 3. The number of nitrogens with one attached hydrogen (secondary N) is 2. The lowest BCUT2D eigenvalue weighted by Crippen LogP contribution is -2.24. The summed E-state index contributed by atoms with van der Waals surface area (Å²) in [5.74, 6) is 5.66. The van der Waals surface area contributed by atoms with E-state index in [1.54, 1.807) is 18.2 Å². The molecule has 0 aliphatic heterocycles. The Balaban J connectivity index is 2.87. The summed E-state index contributed by atoms with van der Waals surface area (Å²) in [5.41, 5.74) is 1.23. The third-order valence-corrected chi connectivity index (χ3v) is 2.24. The number of carbonyl (C=O) groups is 1. The topological polar surface area (TPSA) is 61.4 Å². The molecule has 0 saturated heterocycles. The molecule has 0 radical (unpaired) electrons. The minimum Gasteiger partial charge on any atom is -0.395 e. The molecular formula is C12H13ClN2O2. The molecule has 90 valence electrons. The lowest BCUT2D eigenvalue weighted by atomic mass is 10.2. The smallest absolute Gasteiger partial charge is 0.319 e. The predicted octanol–water partition coefficient (Wildman–Crippen LogP) is 1.83. The van der Waals surface area contributed by atoms with Crippen LogP contribution in [0.15, 0.2) is 18.2 Å². The van der Waals surface area contributed by atoms with Gasteiger partial charge in [-0.2, -0.15) is 0 Å². The van der Waals surface area contributed by atoms with Crippen molar-refractivity contribution in [1.82, 2.24) is 5.32 Å². The Morgan fingerprint density at radius 3 is 2.94 bits per heavy atom. The van der Waals surface area contributed by atoms with E-state index in [1.165, 1.54) is 7.05 Å². The molecule has 0 aliphatic rings. The summed E-state index contributed by atoms with van der Waals surface area (Å²) in [6, 6.07) is 4.76. The first-order valence-corrected chi connectivity index (χ1v) is 5.43. The summed E-state index contributed by atoms with van der Waals surface area (Å²) in [6.07, 6.45) is 0.417. The number of aliphatic hydroxyl groups excluding tert-OH is 1. The molecule has 0 bridgehead atoms. The Morgan fingerprint density at radius 1 is 1.53 bits per heavy atom. The van der Waals surface area contributed by atoms with Crippen molar-refractivity contribution in [3.05, 3.63) is 28.8 Å². The number of urea groups is 1. The van der Waals surface area contributed by atoms with Crippen molar-refractivity contribution < 1.29 is 9.90 Å². The summed E-state index contributed by atoms with van der Waals surface area (Å²) in [5, 5.41) is 14.1. The van der Waals surface area contributed by atoms with Crippen LogP contribution < -0.4 is 10.6 Å². The molecule has 0 heterocycles. The van der Waals surface area contributed by atoms with Crippen LogP contribution in [0.2, 0.25) is 5.02 Å². The van der Waals surface area contributed by atoms with E-state index in [1.807, 2.05) is 0 Å². The summed E-state index contributed by atoms with van der Waals surface area (Å²) in [4.78, 5) is 11.2.